The predicted molar refractivity (Wildman–Crippen MR) is 77.7 cm³/mol. The molecule has 1 aromatic carbocycles. The number of ether oxygens (including phenoxy) is 1. The van der Waals surface area contributed by atoms with Gasteiger partial charge < -0.3 is 15.4 Å². The number of para-hydroxylation sites is 1. The van der Waals surface area contributed by atoms with Crippen LogP contribution in [0, 0.1) is 0 Å². The number of hydrogen-bond acceptors (Lipinski definition) is 3. The quantitative estimate of drug-likeness (QED) is 0.896. The highest BCUT2D eigenvalue weighted by atomic mass is 16.5. The lowest BCUT2D eigenvalue weighted by atomic mass is 9.89. The van der Waals surface area contributed by atoms with Gasteiger partial charge in [-0.15, -0.1) is 0 Å². The zero-order valence-corrected chi connectivity index (χ0v) is 11.9. The zero-order chi connectivity index (χ0) is 14.1. The Labute approximate surface area is 119 Å². The van der Waals surface area contributed by atoms with Crippen LogP contribution in [0.4, 0.5) is 0 Å². The first kappa shape index (κ1) is 13.4. The third-order valence-electron chi connectivity index (χ3n) is 4.62. The highest BCUT2D eigenvalue weighted by Crippen LogP contribution is 2.35. The van der Waals surface area contributed by atoms with E-state index in [0.717, 1.165) is 30.6 Å². The number of rotatable bonds is 2. The van der Waals surface area contributed by atoms with E-state index in [1.165, 1.54) is 6.42 Å². The Kier molecular flexibility index (Phi) is 3.66. The summed E-state index contributed by atoms with van der Waals surface area (Å²) in [6, 6.07) is 8.08. The van der Waals surface area contributed by atoms with Crippen LogP contribution in [0.3, 0.4) is 0 Å². The molecule has 3 atom stereocenters. The second kappa shape index (κ2) is 5.44. The minimum atomic E-state index is -0.176. The maximum Gasteiger partial charge on any atom is 0.233 e. The fraction of sp³-hybridized carbons (Fsp3) is 0.562. The molecular weight excluding hydrogens is 252 g/mol. The molecule has 1 aromatic rings. The van der Waals surface area contributed by atoms with Gasteiger partial charge in [0.25, 0.3) is 0 Å². The van der Waals surface area contributed by atoms with Gasteiger partial charge in [-0.2, -0.15) is 0 Å². The molecule has 2 N–H and O–H groups in total. The van der Waals surface area contributed by atoms with Gasteiger partial charge in [-0.1, -0.05) is 31.0 Å². The number of fused-ring (bicyclic) bond motifs is 1. The summed E-state index contributed by atoms with van der Waals surface area (Å²) < 4.78 is 5.62. The van der Waals surface area contributed by atoms with Gasteiger partial charge >= 0.3 is 0 Å². The van der Waals surface area contributed by atoms with Crippen LogP contribution in [-0.2, 0) is 4.79 Å². The molecule has 1 saturated carbocycles. The summed E-state index contributed by atoms with van der Waals surface area (Å²) in [5.41, 5.74) is 7.19. The Balaban J connectivity index is 1.76. The molecule has 0 aromatic heterocycles. The lowest BCUT2D eigenvalue weighted by Gasteiger charge is -2.37. The summed E-state index contributed by atoms with van der Waals surface area (Å²) in [7, 11) is 1.89. The molecule has 1 amide bonds. The van der Waals surface area contributed by atoms with Crippen molar-refractivity contribution in [3.05, 3.63) is 29.8 Å². The number of likely N-dealkylation sites (N-methyl/N-ethyl adjacent to an activating group) is 1. The number of benzene rings is 1. The Morgan fingerprint density at radius 3 is 2.85 bits per heavy atom. The van der Waals surface area contributed by atoms with Gasteiger partial charge in [-0.25, -0.2) is 0 Å². The molecular formula is C16H22N2O2. The van der Waals surface area contributed by atoms with Crippen molar-refractivity contribution in [3.63, 3.8) is 0 Å². The van der Waals surface area contributed by atoms with E-state index in [2.05, 4.69) is 0 Å². The van der Waals surface area contributed by atoms with E-state index >= 15 is 0 Å². The molecule has 1 aliphatic carbocycles. The molecule has 0 spiro atoms. The lowest BCUT2D eigenvalue weighted by molar-refractivity contribution is -0.134. The molecule has 4 nitrogen and oxygen atoms in total. The van der Waals surface area contributed by atoms with E-state index in [-0.39, 0.29) is 23.9 Å². The van der Waals surface area contributed by atoms with E-state index in [1.54, 1.807) is 0 Å². The molecule has 1 fully saturated rings. The molecule has 2 aliphatic rings. The van der Waals surface area contributed by atoms with Crippen molar-refractivity contribution >= 4 is 5.91 Å². The molecule has 0 radical (unpaired) electrons. The van der Waals surface area contributed by atoms with Crippen LogP contribution in [0.25, 0.3) is 0 Å². The van der Waals surface area contributed by atoms with Gasteiger partial charge in [0, 0.05) is 24.7 Å². The summed E-state index contributed by atoms with van der Waals surface area (Å²) in [5, 5.41) is 0. The fourth-order valence-electron chi connectivity index (χ4n) is 3.40. The molecule has 108 valence electrons. The summed E-state index contributed by atoms with van der Waals surface area (Å²) >= 11 is 0. The number of carbonyl (C=O) groups excluding carboxylic acids is 1. The molecule has 1 heterocycles. The SMILES string of the molecule is CN(C(=O)C1COc2ccccc21)C1CCCCC1N. The van der Waals surface area contributed by atoms with E-state index in [1.807, 2.05) is 36.2 Å². The minimum Gasteiger partial charge on any atom is -0.492 e. The van der Waals surface area contributed by atoms with Gasteiger partial charge in [-0.3, -0.25) is 4.79 Å². The largest absolute Gasteiger partial charge is 0.492 e. The monoisotopic (exact) mass is 274 g/mol. The van der Waals surface area contributed by atoms with Crippen molar-refractivity contribution in [1.29, 1.82) is 0 Å². The predicted octanol–water partition coefficient (Wildman–Crippen LogP) is 1.89. The van der Waals surface area contributed by atoms with Gasteiger partial charge in [-0.05, 0) is 18.9 Å². The van der Waals surface area contributed by atoms with Crippen molar-refractivity contribution in [2.24, 2.45) is 5.73 Å². The van der Waals surface area contributed by atoms with Gasteiger partial charge in [0.1, 0.15) is 18.3 Å². The molecule has 1 aliphatic heterocycles. The van der Waals surface area contributed by atoms with E-state index in [0.29, 0.717) is 6.61 Å². The molecule has 0 saturated heterocycles. The normalized spacial score (nSPS) is 28.6. The highest BCUT2D eigenvalue weighted by molar-refractivity contribution is 5.85. The number of carbonyl (C=O) groups is 1. The topological polar surface area (TPSA) is 55.6 Å². The standard InChI is InChI=1S/C16H22N2O2/c1-18(14-8-4-3-7-13(14)17)16(19)12-10-20-15-9-5-2-6-11(12)15/h2,5-6,9,12-14H,3-4,7-8,10,17H2,1H3. The van der Waals surface area contributed by atoms with Crippen molar-refractivity contribution < 1.29 is 9.53 Å². The number of hydrogen-bond donors (Lipinski definition) is 1. The van der Waals surface area contributed by atoms with Gasteiger partial charge in [0.2, 0.25) is 5.91 Å². The van der Waals surface area contributed by atoms with Crippen molar-refractivity contribution in [1.82, 2.24) is 4.90 Å². The van der Waals surface area contributed by atoms with Crippen LogP contribution in [0.1, 0.15) is 37.2 Å². The Bertz CT molecular complexity index is 503. The number of nitrogens with zero attached hydrogens (tertiary/aromatic N) is 1. The molecule has 0 bridgehead atoms. The number of nitrogens with two attached hydrogens (primary N) is 1. The van der Waals surface area contributed by atoms with Crippen LogP contribution in [0.15, 0.2) is 24.3 Å². The summed E-state index contributed by atoms with van der Waals surface area (Å²) in [4.78, 5) is 14.6. The van der Waals surface area contributed by atoms with Crippen molar-refractivity contribution in [3.8, 4) is 5.75 Å². The van der Waals surface area contributed by atoms with Gasteiger partial charge in [0.05, 0.1) is 0 Å². The zero-order valence-electron chi connectivity index (χ0n) is 11.9. The number of amides is 1. The van der Waals surface area contributed by atoms with Crippen LogP contribution in [-0.4, -0.2) is 36.5 Å². The first-order chi connectivity index (χ1) is 9.68. The third-order valence-corrected chi connectivity index (χ3v) is 4.62. The molecule has 4 heteroatoms. The first-order valence-electron chi connectivity index (χ1n) is 7.42. The maximum absolute atomic E-state index is 12.7. The molecule has 3 rings (SSSR count). The summed E-state index contributed by atoms with van der Waals surface area (Å²) in [6.07, 6.45) is 4.36. The average molecular weight is 274 g/mol. The van der Waals surface area contributed by atoms with E-state index in [4.69, 9.17) is 10.5 Å². The van der Waals surface area contributed by atoms with Crippen molar-refractivity contribution in [2.45, 2.75) is 43.7 Å². The second-order valence-corrected chi connectivity index (χ2v) is 5.87. The van der Waals surface area contributed by atoms with E-state index in [9.17, 15) is 4.79 Å². The first-order valence-corrected chi connectivity index (χ1v) is 7.42. The van der Waals surface area contributed by atoms with Crippen LogP contribution in [0.2, 0.25) is 0 Å². The Hall–Kier alpha value is -1.55. The average Bonchev–Trinajstić information content (AvgIpc) is 2.90. The van der Waals surface area contributed by atoms with Crippen LogP contribution >= 0.6 is 0 Å². The Morgan fingerprint density at radius 1 is 1.30 bits per heavy atom. The Morgan fingerprint density at radius 2 is 2.05 bits per heavy atom. The molecule has 20 heavy (non-hydrogen) atoms. The smallest absolute Gasteiger partial charge is 0.233 e. The van der Waals surface area contributed by atoms with Crippen LogP contribution in [0.5, 0.6) is 5.75 Å². The van der Waals surface area contributed by atoms with Gasteiger partial charge in [0.15, 0.2) is 0 Å². The molecule has 3 unspecified atom stereocenters. The van der Waals surface area contributed by atoms with E-state index < -0.39 is 0 Å². The summed E-state index contributed by atoms with van der Waals surface area (Å²) in [6.45, 7) is 0.449. The minimum absolute atomic E-state index is 0.107. The fourth-order valence-corrected chi connectivity index (χ4v) is 3.40. The highest BCUT2D eigenvalue weighted by Gasteiger charge is 2.36. The second-order valence-electron chi connectivity index (χ2n) is 5.87. The lowest BCUT2D eigenvalue weighted by Crippen LogP contribution is -2.51. The maximum atomic E-state index is 12.7. The third kappa shape index (κ3) is 2.29. The van der Waals surface area contributed by atoms with Crippen molar-refractivity contribution in [2.75, 3.05) is 13.7 Å². The summed E-state index contributed by atoms with van der Waals surface area (Å²) in [5.74, 6) is 0.801. The van der Waals surface area contributed by atoms with Crippen LogP contribution < -0.4 is 10.5 Å².